The van der Waals surface area contributed by atoms with Crippen molar-refractivity contribution >= 4 is 22.1 Å². The minimum absolute atomic E-state index is 0.718. The summed E-state index contributed by atoms with van der Waals surface area (Å²) in [5, 5.41) is 0. The highest BCUT2D eigenvalue weighted by molar-refractivity contribution is 5.78. The largest absolute Gasteiger partial charge is 0.252 e. The van der Waals surface area contributed by atoms with Gasteiger partial charge in [-0.25, -0.2) is 9.97 Å². The van der Waals surface area contributed by atoms with Gasteiger partial charge >= 0.3 is 0 Å². The Balaban J connectivity index is 1.91. The molecule has 0 atom stereocenters. The summed E-state index contributed by atoms with van der Waals surface area (Å²) in [6.45, 7) is 0. The van der Waals surface area contributed by atoms with Crippen molar-refractivity contribution in [3.8, 4) is 11.4 Å². The van der Waals surface area contributed by atoms with Crippen molar-refractivity contribution in [3.05, 3.63) is 60.9 Å². The summed E-state index contributed by atoms with van der Waals surface area (Å²) in [7, 11) is 0. The van der Waals surface area contributed by atoms with Crippen LogP contribution in [-0.2, 0) is 0 Å². The van der Waals surface area contributed by atoms with Crippen LogP contribution in [-0.4, -0.2) is 19.9 Å². The van der Waals surface area contributed by atoms with Gasteiger partial charge in [-0.15, -0.1) is 0 Å². The third-order valence-electron chi connectivity index (χ3n) is 3.08. The lowest BCUT2D eigenvalue weighted by molar-refractivity contribution is 1.22. The van der Waals surface area contributed by atoms with E-state index in [0.29, 0.717) is 0 Å². The Morgan fingerprint density at radius 1 is 0.700 bits per heavy atom. The zero-order valence-electron chi connectivity index (χ0n) is 10.5. The summed E-state index contributed by atoms with van der Waals surface area (Å²) in [6, 6.07) is 16.5. The number of nitrogens with zero attached hydrogens (tertiary/aromatic N) is 4. The number of rotatable bonds is 1. The molecule has 4 rings (SSSR count). The molecule has 0 spiro atoms. The molecule has 20 heavy (non-hydrogen) atoms. The lowest BCUT2D eigenvalue weighted by Crippen LogP contribution is -1.93. The van der Waals surface area contributed by atoms with E-state index in [2.05, 4.69) is 26.0 Å². The molecule has 0 aliphatic heterocycles. The first-order valence-corrected chi connectivity index (χ1v) is 6.26. The molecule has 0 aliphatic rings. The maximum Gasteiger partial charge on any atom is 0.109 e. The van der Waals surface area contributed by atoms with E-state index in [0.717, 1.165) is 33.5 Å². The van der Waals surface area contributed by atoms with Gasteiger partial charge < -0.3 is 0 Å². The molecular formula is C16H9N4. The second kappa shape index (κ2) is 4.35. The molecule has 0 saturated carbocycles. The molecule has 2 aromatic carbocycles. The van der Waals surface area contributed by atoms with Crippen LogP contribution in [0.15, 0.2) is 54.9 Å². The minimum Gasteiger partial charge on any atom is -0.252 e. The first-order chi connectivity index (χ1) is 9.90. The summed E-state index contributed by atoms with van der Waals surface area (Å²) in [5.41, 5.74) is 4.73. The Bertz CT molecular complexity index is 841. The van der Waals surface area contributed by atoms with E-state index < -0.39 is 0 Å². The number of para-hydroxylation sites is 3. The fourth-order valence-corrected chi connectivity index (χ4v) is 2.10. The van der Waals surface area contributed by atoms with Crippen LogP contribution in [0.4, 0.5) is 0 Å². The zero-order chi connectivity index (χ0) is 13.4. The standard InChI is InChI=1S/C16H9N4/c1-3-7-13-11(5-1)17-9-15(19-13)16-10-18-12-6-2-4-8-14(12)20-16/h1-5,7-10H. The molecule has 4 nitrogen and oxygen atoms in total. The molecule has 0 bridgehead atoms. The van der Waals surface area contributed by atoms with Gasteiger partial charge in [0.25, 0.3) is 0 Å². The van der Waals surface area contributed by atoms with E-state index in [1.165, 1.54) is 0 Å². The number of benzene rings is 2. The van der Waals surface area contributed by atoms with Gasteiger partial charge in [0.05, 0.1) is 34.5 Å². The van der Waals surface area contributed by atoms with Gasteiger partial charge in [-0.2, -0.15) is 0 Å². The molecular weight excluding hydrogens is 248 g/mol. The normalized spacial score (nSPS) is 11.0. The third-order valence-corrected chi connectivity index (χ3v) is 3.08. The van der Waals surface area contributed by atoms with Gasteiger partial charge in [0.2, 0.25) is 0 Å². The van der Waals surface area contributed by atoms with Crippen LogP contribution >= 0.6 is 0 Å². The highest BCUT2D eigenvalue weighted by Crippen LogP contribution is 2.18. The van der Waals surface area contributed by atoms with Crippen LogP contribution in [0.5, 0.6) is 0 Å². The molecule has 93 valence electrons. The van der Waals surface area contributed by atoms with Crippen molar-refractivity contribution < 1.29 is 0 Å². The molecule has 4 heteroatoms. The van der Waals surface area contributed by atoms with Crippen molar-refractivity contribution in [1.29, 1.82) is 0 Å². The molecule has 0 saturated heterocycles. The highest BCUT2D eigenvalue weighted by atomic mass is 14.9. The summed E-state index contributed by atoms with van der Waals surface area (Å²) < 4.78 is 0. The van der Waals surface area contributed by atoms with Crippen LogP contribution < -0.4 is 0 Å². The van der Waals surface area contributed by atoms with Crippen LogP contribution in [0.3, 0.4) is 0 Å². The molecule has 0 aliphatic carbocycles. The SMILES string of the molecule is [c]1cccc2nc(-c3cnc4ccccc4n3)cnc12. The molecule has 1 radical (unpaired) electrons. The second-order valence-corrected chi connectivity index (χ2v) is 4.40. The summed E-state index contributed by atoms with van der Waals surface area (Å²) in [4.78, 5) is 17.9. The van der Waals surface area contributed by atoms with E-state index in [-0.39, 0.29) is 0 Å². The molecule has 4 aromatic rings. The highest BCUT2D eigenvalue weighted by Gasteiger charge is 2.05. The van der Waals surface area contributed by atoms with Crippen LogP contribution in [0.2, 0.25) is 0 Å². The summed E-state index contributed by atoms with van der Waals surface area (Å²) in [5.74, 6) is 0. The van der Waals surface area contributed by atoms with Gasteiger partial charge in [0.1, 0.15) is 11.4 Å². The summed E-state index contributed by atoms with van der Waals surface area (Å²) in [6.07, 6.45) is 3.43. The fourth-order valence-electron chi connectivity index (χ4n) is 2.10. The lowest BCUT2D eigenvalue weighted by atomic mass is 10.2. The zero-order valence-corrected chi connectivity index (χ0v) is 10.5. The minimum atomic E-state index is 0.718. The number of hydrogen-bond donors (Lipinski definition) is 0. The first-order valence-electron chi connectivity index (χ1n) is 6.26. The van der Waals surface area contributed by atoms with Gasteiger partial charge in [-0.1, -0.05) is 24.3 Å². The third kappa shape index (κ3) is 1.78. The van der Waals surface area contributed by atoms with Gasteiger partial charge in [0.15, 0.2) is 0 Å². The Morgan fingerprint density at radius 2 is 1.40 bits per heavy atom. The first kappa shape index (κ1) is 11.0. The van der Waals surface area contributed by atoms with Crippen molar-refractivity contribution in [1.82, 2.24) is 19.9 Å². The number of hydrogen-bond acceptors (Lipinski definition) is 4. The Labute approximate surface area is 115 Å². The number of fused-ring (bicyclic) bond motifs is 2. The average molecular weight is 257 g/mol. The predicted octanol–water partition coefficient (Wildman–Crippen LogP) is 3.04. The quantitative estimate of drug-likeness (QED) is 0.526. The fraction of sp³-hybridized carbons (Fsp3) is 0. The lowest BCUT2D eigenvalue weighted by Gasteiger charge is -2.03. The Morgan fingerprint density at radius 3 is 2.30 bits per heavy atom. The van der Waals surface area contributed by atoms with E-state index in [1.54, 1.807) is 12.4 Å². The van der Waals surface area contributed by atoms with E-state index in [9.17, 15) is 0 Å². The maximum atomic E-state index is 4.58. The smallest absolute Gasteiger partial charge is 0.109 e. The van der Waals surface area contributed by atoms with Gasteiger partial charge in [-0.3, -0.25) is 9.97 Å². The van der Waals surface area contributed by atoms with Gasteiger partial charge in [-0.05, 0) is 18.2 Å². The Kier molecular flexibility index (Phi) is 2.39. The van der Waals surface area contributed by atoms with Gasteiger partial charge in [0, 0.05) is 6.07 Å². The molecule has 0 unspecified atom stereocenters. The summed E-state index contributed by atoms with van der Waals surface area (Å²) >= 11 is 0. The molecule has 2 heterocycles. The number of aromatic nitrogens is 4. The van der Waals surface area contributed by atoms with Crippen molar-refractivity contribution in [3.63, 3.8) is 0 Å². The monoisotopic (exact) mass is 257 g/mol. The predicted molar refractivity (Wildman–Crippen MR) is 76.9 cm³/mol. The van der Waals surface area contributed by atoms with Crippen LogP contribution in [0, 0.1) is 6.07 Å². The molecule has 0 fully saturated rings. The maximum absolute atomic E-state index is 4.58. The Hall–Kier alpha value is -2.88. The topological polar surface area (TPSA) is 51.6 Å². The van der Waals surface area contributed by atoms with E-state index in [4.69, 9.17) is 0 Å². The van der Waals surface area contributed by atoms with Crippen molar-refractivity contribution in [2.24, 2.45) is 0 Å². The van der Waals surface area contributed by atoms with Crippen LogP contribution in [0.25, 0.3) is 33.5 Å². The van der Waals surface area contributed by atoms with E-state index in [1.807, 2.05) is 42.5 Å². The van der Waals surface area contributed by atoms with Crippen molar-refractivity contribution in [2.45, 2.75) is 0 Å². The molecule has 0 N–H and O–H groups in total. The van der Waals surface area contributed by atoms with Crippen LogP contribution in [0.1, 0.15) is 0 Å². The second-order valence-electron chi connectivity index (χ2n) is 4.40. The van der Waals surface area contributed by atoms with Crippen molar-refractivity contribution in [2.75, 3.05) is 0 Å². The molecule has 0 amide bonds. The average Bonchev–Trinajstić information content (AvgIpc) is 2.54. The van der Waals surface area contributed by atoms with E-state index >= 15 is 0 Å². The molecule has 2 aromatic heterocycles.